The first kappa shape index (κ1) is 16.4. The van der Waals surface area contributed by atoms with Crippen molar-refractivity contribution in [3.8, 4) is 0 Å². The van der Waals surface area contributed by atoms with E-state index in [1.54, 1.807) is 0 Å². The summed E-state index contributed by atoms with van der Waals surface area (Å²) >= 11 is 0. The van der Waals surface area contributed by atoms with Gasteiger partial charge >= 0.3 is 0 Å². The van der Waals surface area contributed by atoms with E-state index < -0.39 is 0 Å². The zero-order chi connectivity index (χ0) is 16.1. The number of nitrogens with zero attached hydrogens (tertiary/aromatic N) is 3. The van der Waals surface area contributed by atoms with Crippen LogP contribution in [0.15, 0.2) is 0 Å². The van der Waals surface area contributed by atoms with E-state index in [9.17, 15) is 4.79 Å². The van der Waals surface area contributed by atoms with E-state index in [1.807, 2.05) is 0 Å². The van der Waals surface area contributed by atoms with Crippen molar-refractivity contribution in [1.82, 2.24) is 20.1 Å². The molecule has 0 spiro atoms. The summed E-state index contributed by atoms with van der Waals surface area (Å²) in [5.74, 6) is 2.51. The largest absolute Gasteiger partial charge is 0.356 e. The van der Waals surface area contributed by atoms with E-state index in [-0.39, 0.29) is 17.9 Å². The summed E-state index contributed by atoms with van der Waals surface area (Å²) in [5, 5.41) is 11.7. The summed E-state index contributed by atoms with van der Waals surface area (Å²) in [7, 11) is 0. The number of rotatable bonds is 5. The Morgan fingerprint density at radius 2 is 2.13 bits per heavy atom. The van der Waals surface area contributed by atoms with Gasteiger partial charge in [-0.1, -0.05) is 12.8 Å². The fraction of sp³-hybridized carbons (Fsp3) is 0.824. The molecular formula is C17H29N5O. The Bertz CT molecular complexity index is 527. The highest BCUT2D eigenvalue weighted by Crippen LogP contribution is 2.23. The molecule has 1 aromatic heterocycles. The monoisotopic (exact) mass is 319 g/mol. The van der Waals surface area contributed by atoms with Gasteiger partial charge in [-0.2, -0.15) is 0 Å². The van der Waals surface area contributed by atoms with Crippen molar-refractivity contribution < 1.29 is 4.79 Å². The maximum Gasteiger partial charge on any atom is 0.223 e. The van der Waals surface area contributed by atoms with Gasteiger partial charge in [0.1, 0.15) is 11.6 Å². The summed E-state index contributed by atoms with van der Waals surface area (Å²) in [6.07, 6.45) is 10.5. The number of fused-ring (bicyclic) bond motifs is 1. The predicted molar refractivity (Wildman–Crippen MR) is 88.8 cm³/mol. The predicted octanol–water partition coefficient (Wildman–Crippen LogP) is 1.57. The molecule has 1 aromatic rings. The van der Waals surface area contributed by atoms with Gasteiger partial charge in [-0.3, -0.25) is 4.79 Å². The minimum atomic E-state index is 0.114. The van der Waals surface area contributed by atoms with E-state index >= 15 is 0 Å². The molecule has 0 aromatic carbocycles. The van der Waals surface area contributed by atoms with Gasteiger partial charge in [0.2, 0.25) is 5.91 Å². The molecule has 2 aliphatic rings. The smallest absolute Gasteiger partial charge is 0.223 e. The third-order valence-electron chi connectivity index (χ3n) is 5.15. The molecule has 2 unspecified atom stereocenters. The lowest BCUT2D eigenvalue weighted by molar-refractivity contribution is -0.126. The van der Waals surface area contributed by atoms with Crippen molar-refractivity contribution in [3.63, 3.8) is 0 Å². The normalized spacial score (nSPS) is 24.7. The lowest BCUT2D eigenvalue weighted by Crippen LogP contribution is -2.38. The number of aromatic nitrogens is 3. The van der Waals surface area contributed by atoms with Crippen molar-refractivity contribution >= 4 is 5.91 Å². The molecule has 0 saturated heterocycles. The van der Waals surface area contributed by atoms with Crippen molar-refractivity contribution in [2.45, 2.75) is 76.8 Å². The summed E-state index contributed by atoms with van der Waals surface area (Å²) in [5.41, 5.74) is 5.96. The van der Waals surface area contributed by atoms with Gasteiger partial charge < -0.3 is 15.6 Å². The third-order valence-corrected chi connectivity index (χ3v) is 5.15. The number of carbonyl (C=O) groups excluding carboxylic acids is 1. The molecular weight excluding hydrogens is 290 g/mol. The Morgan fingerprint density at radius 3 is 3.00 bits per heavy atom. The van der Waals surface area contributed by atoms with E-state index in [1.165, 1.54) is 19.3 Å². The molecule has 1 amide bonds. The van der Waals surface area contributed by atoms with Crippen LogP contribution in [0.1, 0.15) is 63.0 Å². The molecule has 6 heteroatoms. The first-order valence-electron chi connectivity index (χ1n) is 9.18. The van der Waals surface area contributed by atoms with Crippen LogP contribution in [-0.2, 0) is 24.2 Å². The number of nitrogens with two attached hydrogens (primary N) is 1. The molecule has 1 fully saturated rings. The average Bonchev–Trinajstić information content (AvgIpc) is 2.78. The van der Waals surface area contributed by atoms with Crippen LogP contribution in [0.2, 0.25) is 0 Å². The molecule has 3 N–H and O–H groups in total. The number of carbonyl (C=O) groups is 1. The summed E-state index contributed by atoms with van der Waals surface area (Å²) in [6, 6.07) is 0.200. The van der Waals surface area contributed by atoms with E-state index in [0.717, 1.165) is 63.1 Å². The number of aryl methyl sites for hydroxylation is 2. The van der Waals surface area contributed by atoms with Crippen LogP contribution in [0.3, 0.4) is 0 Å². The minimum Gasteiger partial charge on any atom is -0.356 e. The summed E-state index contributed by atoms with van der Waals surface area (Å²) < 4.78 is 2.29. The first-order valence-corrected chi connectivity index (χ1v) is 9.18. The van der Waals surface area contributed by atoms with Crippen molar-refractivity contribution in [3.05, 3.63) is 11.6 Å². The Hall–Kier alpha value is -1.43. The van der Waals surface area contributed by atoms with Crippen molar-refractivity contribution in [2.24, 2.45) is 11.7 Å². The second kappa shape index (κ2) is 7.90. The van der Waals surface area contributed by atoms with Gasteiger partial charge in [0.15, 0.2) is 0 Å². The van der Waals surface area contributed by atoms with Crippen molar-refractivity contribution in [1.29, 1.82) is 0 Å². The molecule has 1 aliphatic heterocycles. The fourth-order valence-corrected chi connectivity index (χ4v) is 3.80. The maximum absolute atomic E-state index is 12.2. The van der Waals surface area contributed by atoms with Gasteiger partial charge in [-0.05, 0) is 38.5 Å². The lowest BCUT2D eigenvalue weighted by Gasteiger charge is -2.25. The summed E-state index contributed by atoms with van der Waals surface area (Å²) in [4.78, 5) is 12.2. The highest BCUT2D eigenvalue weighted by Gasteiger charge is 2.24. The molecule has 2 heterocycles. The Labute approximate surface area is 138 Å². The van der Waals surface area contributed by atoms with Gasteiger partial charge in [-0.25, -0.2) is 0 Å². The second-order valence-electron chi connectivity index (χ2n) is 7.01. The van der Waals surface area contributed by atoms with Gasteiger partial charge in [0.05, 0.1) is 0 Å². The Morgan fingerprint density at radius 1 is 1.22 bits per heavy atom. The van der Waals surface area contributed by atoms with Crippen LogP contribution < -0.4 is 11.1 Å². The quantitative estimate of drug-likeness (QED) is 0.807. The number of hydrogen-bond donors (Lipinski definition) is 2. The average molecular weight is 319 g/mol. The standard InChI is InChI=1S/C17H29N5O/c18-14-7-4-6-13(12-14)17(23)19-10-5-9-16-21-20-15-8-2-1-3-11-22(15)16/h13-14H,1-12,18H2,(H,19,23). The molecule has 1 saturated carbocycles. The molecule has 0 bridgehead atoms. The molecule has 0 radical (unpaired) electrons. The van der Waals surface area contributed by atoms with E-state index in [2.05, 4.69) is 20.1 Å². The van der Waals surface area contributed by atoms with Crippen LogP contribution in [0, 0.1) is 5.92 Å². The van der Waals surface area contributed by atoms with Crippen molar-refractivity contribution in [2.75, 3.05) is 6.54 Å². The molecule has 128 valence electrons. The number of hydrogen-bond acceptors (Lipinski definition) is 4. The van der Waals surface area contributed by atoms with E-state index in [0.29, 0.717) is 6.54 Å². The van der Waals surface area contributed by atoms with Crippen LogP contribution in [-0.4, -0.2) is 33.3 Å². The zero-order valence-electron chi connectivity index (χ0n) is 14.0. The number of nitrogens with one attached hydrogen (secondary N) is 1. The topological polar surface area (TPSA) is 85.8 Å². The van der Waals surface area contributed by atoms with Gasteiger partial charge in [0.25, 0.3) is 0 Å². The molecule has 23 heavy (non-hydrogen) atoms. The highest BCUT2D eigenvalue weighted by molar-refractivity contribution is 5.78. The Kier molecular flexibility index (Phi) is 5.65. The Balaban J connectivity index is 1.41. The van der Waals surface area contributed by atoms with Gasteiger partial charge in [-0.15, -0.1) is 10.2 Å². The van der Waals surface area contributed by atoms with Crippen LogP contribution in [0.25, 0.3) is 0 Å². The highest BCUT2D eigenvalue weighted by atomic mass is 16.1. The van der Waals surface area contributed by atoms with Crippen LogP contribution in [0.4, 0.5) is 0 Å². The second-order valence-corrected chi connectivity index (χ2v) is 7.01. The zero-order valence-corrected chi connectivity index (χ0v) is 14.0. The SMILES string of the molecule is NC1CCCC(C(=O)NCCCc2nnc3n2CCCCC3)C1. The van der Waals surface area contributed by atoms with Crippen LogP contribution in [0.5, 0.6) is 0 Å². The van der Waals surface area contributed by atoms with E-state index in [4.69, 9.17) is 5.73 Å². The third kappa shape index (κ3) is 4.31. The molecule has 6 nitrogen and oxygen atoms in total. The fourth-order valence-electron chi connectivity index (χ4n) is 3.80. The molecule has 3 rings (SSSR count). The molecule has 1 aliphatic carbocycles. The maximum atomic E-state index is 12.2. The minimum absolute atomic E-state index is 0.114. The summed E-state index contributed by atoms with van der Waals surface area (Å²) in [6.45, 7) is 1.76. The first-order chi connectivity index (χ1) is 11.2. The lowest BCUT2D eigenvalue weighted by atomic mass is 9.85. The van der Waals surface area contributed by atoms with Crippen LogP contribution >= 0.6 is 0 Å². The van der Waals surface area contributed by atoms with Gasteiger partial charge in [0, 0.05) is 37.9 Å². The number of amides is 1. The molecule has 2 atom stereocenters.